The highest BCUT2D eigenvalue weighted by molar-refractivity contribution is 6.01. The molecule has 2 aromatic rings. The van der Waals surface area contributed by atoms with Gasteiger partial charge in [0, 0.05) is 25.6 Å². The van der Waals surface area contributed by atoms with Crippen LogP contribution >= 0.6 is 0 Å². The van der Waals surface area contributed by atoms with Crippen LogP contribution in [-0.4, -0.2) is 29.4 Å². The fourth-order valence-electron chi connectivity index (χ4n) is 3.66. The van der Waals surface area contributed by atoms with Crippen LogP contribution in [0.2, 0.25) is 0 Å². The van der Waals surface area contributed by atoms with E-state index in [2.05, 4.69) is 30.4 Å². The van der Waals surface area contributed by atoms with Crippen molar-refractivity contribution >= 4 is 23.3 Å². The highest BCUT2D eigenvalue weighted by atomic mass is 16.2. The first kappa shape index (κ1) is 17.6. The summed E-state index contributed by atoms with van der Waals surface area (Å²) in [5.41, 5.74) is 3.83. The molecule has 1 N–H and O–H groups in total. The Morgan fingerprint density at radius 3 is 2.70 bits per heavy atom. The fraction of sp³-hybridized carbons (Fsp3) is 0.364. The zero-order valence-electron chi connectivity index (χ0n) is 15.6. The molecule has 2 aliphatic rings. The molecule has 0 atom stereocenters. The molecule has 0 spiro atoms. The third-order valence-corrected chi connectivity index (χ3v) is 5.19. The van der Waals surface area contributed by atoms with Crippen LogP contribution in [0.25, 0.3) is 0 Å². The number of hydrogen-bond acceptors (Lipinski definition) is 2. The first-order valence-corrected chi connectivity index (χ1v) is 9.64. The van der Waals surface area contributed by atoms with Gasteiger partial charge in [-0.2, -0.15) is 0 Å². The van der Waals surface area contributed by atoms with Crippen molar-refractivity contribution in [2.45, 2.75) is 45.2 Å². The Morgan fingerprint density at radius 2 is 2.00 bits per heavy atom. The van der Waals surface area contributed by atoms with Crippen molar-refractivity contribution in [3.05, 3.63) is 59.7 Å². The minimum atomic E-state index is -0.0990. The van der Waals surface area contributed by atoms with Gasteiger partial charge in [-0.1, -0.05) is 42.0 Å². The van der Waals surface area contributed by atoms with Crippen LogP contribution in [0.5, 0.6) is 0 Å². The lowest BCUT2D eigenvalue weighted by Crippen LogP contribution is -2.37. The number of carbonyl (C=O) groups excluding carboxylic acids is 2. The SMILES string of the molecule is Cc1cccc(CN(C(=O)Nc2ccccc2N2CCCC2=O)C2CC2)c1. The van der Waals surface area contributed by atoms with Gasteiger partial charge in [-0.05, 0) is 43.9 Å². The van der Waals surface area contributed by atoms with Crippen molar-refractivity contribution < 1.29 is 9.59 Å². The molecule has 1 heterocycles. The summed E-state index contributed by atoms with van der Waals surface area (Å²) in [6.07, 6.45) is 3.53. The maximum Gasteiger partial charge on any atom is 0.322 e. The first-order chi connectivity index (χ1) is 13.1. The number of urea groups is 1. The van der Waals surface area contributed by atoms with Crippen molar-refractivity contribution in [1.82, 2.24) is 4.90 Å². The third kappa shape index (κ3) is 3.97. The predicted molar refractivity (Wildman–Crippen MR) is 107 cm³/mol. The van der Waals surface area contributed by atoms with E-state index >= 15 is 0 Å². The molecule has 0 unspecified atom stereocenters. The smallest absolute Gasteiger partial charge is 0.317 e. The fourth-order valence-corrected chi connectivity index (χ4v) is 3.66. The van der Waals surface area contributed by atoms with E-state index in [1.807, 2.05) is 35.2 Å². The molecule has 3 amide bonds. The van der Waals surface area contributed by atoms with E-state index in [-0.39, 0.29) is 11.9 Å². The second-order valence-corrected chi connectivity index (χ2v) is 7.44. The van der Waals surface area contributed by atoms with E-state index in [1.165, 1.54) is 5.56 Å². The quantitative estimate of drug-likeness (QED) is 0.860. The second-order valence-electron chi connectivity index (χ2n) is 7.44. The van der Waals surface area contributed by atoms with Gasteiger partial charge in [-0.25, -0.2) is 4.79 Å². The number of para-hydroxylation sites is 2. The van der Waals surface area contributed by atoms with E-state index in [0.717, 1.165) is 30.5 Å². The Labute approximate surface area is 160 Å². The summed E-state index contributed by atoms with van der Waals surface area (Å²) >= 11 is 0. The average Bonchev–Trinajstić information content (AvgIpc) is 3.41. The molecule has 4 rings (SSSR count). The summed E-state index contributed by atoms with van der Waals surface area (Å²) in [7, 11) is 0. The van der Waals surface area contributed by atoms with Crippen LogP contribution in [0.15, 0.2) is 48.5 Å². The van der Waals surface area contributed by atoms with Gasteiger partial charge in [0.15, 0.2) is 0 Å². The van der Waals surface area contributed by atoms with E-state index in [1.54, 1.807) is 4.90 Å². The molecule has 2 aromatic carbocycles. The zero-order valence-corrected chi connectivity index (χ0v) is 15.6. The van der Waals surface area contributed by atoms with E-state index in [4.69, 9.17) is 0 Å². The lowest BCUT2D eigenvalue weighted by Gasteiger charge is -2.25. The van der Waals surface area contributed by atoms with Crippen LogP contribution in [0.3, 0.4) is 0 Å². The van der Waals surface area contributed by atoms with Crippen LogP contribution < -0.4 is 10.2 Å². The number of hydrogen-bond donors (Lipinski definition) is 1. The van der Waals surface area contributed by atoms with Crippen LogP contribution in [0, 0.1) is 6.92 Å². The highest BCUT2D eigenvalue weighted by Gasteiger charge is 2.33. The summed E-state index contributed by atoms with van der Waals surface area (Å²) in [5, 5.41) is 3.06. The number of anilines is 2. The Balaban J connectivity index is 1.53. The molecule has 1 aliphatic carbocycles. The molecule has 5 heteroatoms. The molecule has 1 saturated carbocycles. The molecule has 1 aliphatic heterocycles. The lowest BCUT2D eigenvalue weighted by molar-refractivity contribution is -0.117. The largest absolute Gasteiger partial charge is 0.322 e. The molecule has 1 saturated heterocycles. The summed E-state index contributed by atoms with van der Waals surface area (Å²) < 4.78 is 0. The molecular formula is C22H25N3O2. The number of rotatable bonds is 5. The number of aryl methyl sites for hydroxylation is 1. The standard InChI is InChI=1S/C22H25N3O2/c1-16-6-4-7-17(14-16)15-25(18-11-12-18)22(27)23-19-8-2-3-9-20(19)24-13-5-10-21(24)26/h2-4,6-9,14,18H,5,10-13,15H2,1H3,(H,23,27). The van der Waals surface area contributed by atoms with Gasteiger partial charge in [0.25, 0.3) is 0 Å². The average molecular weight is 363 g/mol. The Morgan fingerprint density at radius 1 is 1.19 bits per heavy atom. The number of carbonyl (C=O) groups is 2. The molecule has 140 valence electrons. The molecule has 5 nitrogen and oxygen atoms in total. The van der Waals surface area contributed by atoms with Gasteiger partial charge < -0.3 is 15.1 Å². The Hall–Kier alpha value is -2.82. The normalized spacial score (nSPS) is 16.5. The zero-order chi connectivity index (χ0) is 18.8. The van der Waals surface area contributed by atoms with Crippen molar-refractivity contribution in [2.24, 2.45) is 0 Å². The summed E-state index contributed by atoms with van der Waals surface area (Å²) in [6.45, 7) is 3.37. The highest BCUT2D eigenvalue weighted by Crippen LogP contribution is 2.32. The monoisotopic (exact) mass is 363 g/mol. The maximum atomic E-state index is 13.0. The van der Waals surface area contributed by atoms with Gasteiger partial charge in [0.05, 0.1) is 11.4 Å². The minimum absolute atomic E-state index is 0.0990. The lowest BCUT2D eigenvalue weighted by atomic mass is 10.1. The van der Waals surface area contributed by atoms with Gasteiger partial charge in [-0.15, -0.1) is 0 Å². The molecular weight excluding hydrogens is 338 g/mol. The third-order valence-electron chi connectivity index (χ3n) is 5.19. The molecule has 0 aromatic heterocycles. The number of nitrogens with zero attached hydrogens (tertiary/aromatic N) is 2. The van der Waals surface area contributed by atoms with Crippen molar-refractivity contribution in [3.63, 3.8) is 0 Å². The minimum Gasteiger partial charge on any atom is -0.317 e. The first-order valence-electron chi connectivity index (χ1n) is 9.64. The molecule has 0 radical (unpaired) electrons. The van der Waals surface area contributed by atoms with Crippen molar-refractivity contribution in [3.8, 4) is 0 Å². The van der Waals surface area contributed by atoms with Crippen molar-refractivity contribution in [1.29, 1.82) is 0 Å². The maximum absolute atomic E-state index is 13.0. The van der Waals surface area contributed by atoms with Crippen LogP contribution in [0.1, 0.15) is 36.8 Å². The molecule has 2 fully saturated rings. The Kier molecular flexibility index (Phi) is 4.84. The summed E-state index contributed by atoms with van der Waals surface area (Å²) in [5.74, 6) is 0.121. The molecule has 0 bridgehead atoms. The van der Waals surface area contributed by atoms with Gasteiger partial charge in [0.2, 0.25) is 5.91 Å². The van der Waals surface area contributed by atoms with Crippen molar-refractivity contribution in [2.75, 3.05) is 16.8 Å². The van der Waals surface area contributed by atoms with Gasteiger partial charge in [0.1, 0.15) is 0 Å². The second kappa shape index (κ2) is 7.43. The van der Waals surface area contributed by atoms with Crippen LogP contribution in [0.4, 0.5) is 16.2 Å². The number of benzene rings is 2. The van der Waals surface area contributed by atoms with E-state index < -0.39 is 0 Å². The van der Waals surface area contributed by atoms with E-state index in [0.29, 0.717) is 31.2 Å². The predicted octanol–water partition coefficient (Wildman–Crippen LogP) is 4.32. The van der Waals surface area contributed by atoms with Gasteiger partial charge >= 0.3 is 6.03 Å². The molecule has 27 heavy (non-hydrogen) atoms. The topological polar surface area (TPSA) is 52.7 Å². The summed E-state index contributed by atoms with van der Waals surface area (Å²) in [4.78, 5) is 28.9. The van der Waals surface area contributed by atoms with Crippen LogP contribution in [-0.2, 0) is 11.3 Å². The Bertz CT molecular complexity index is 860. The number of amides is 3. The van der Waals surface area contributed by atoms with E-state index in [9.17, 15) is 9.59 Å². The number of nitrogens with one attached hydrogen (secondary N) is 1. The van der Waals surface area contributed by atoms with Gasteiger partial charge in [-0.3, -0.25) is 4.79 Å². The summed E-state index contributed by atoms with van der Waals surface area (Å²) in [6, 6.07) is 16.0.